The van der Waals surface area contributed by atoms with Crippen LogP contribution in [-0.2, 0) is 13.1 Å². The molecule has 1 saturated heterocycles. The molecule has 1 aromatic heterocycles. The highest BCUT2D eigenvalue weighted by molar-refractivity contribution is 5.00. The molecule has 1 aromatic rings. The standard InChI is InChI=1S/C13H24N4/c1-3-17-13(6-7-15-17)10-14-12(2)11-16-8-4-5-9-16/h6-7,12,14H,3-5,8-11H2,1-2H3. The molecule has 1 aliphatic heterocycles. The van der Waals surface area contributed by atoms with E-state index in [1.807, 2.05) is 6.20 Å². The molecule has 0 amide bonds. The van der Waals surface area contributed by atoms with Crippen LogP contribution in [0.2, 0.25) is 0 Å². The molecule has 0 radical (unpaired) electrons. The lowest BCUT2D eigenvalue weighted by Gasteiger charge is -2.21. The quantitative estimate of drug-likeness (QED) is 0.812. The molecule has 1 N–H and O–H groups in total. The van der Waals surface area contributed by atoms with E-state index in [0.717, 1.165) is 13.1 Å². The van der Waals surface area contributed by atoms with Gasteiger partial charge in [0.15, 0.2) is 0 Å². The summed E-state index contributed by atoms with van der Waals surface area (Å²) in [5, 5.41) is 7.87. The first-order valence-electron chi connectivity index (χ1n) is 6.76. The number of nitrogens with zero attached hydrogens (tertiary/aromatic N) is 3. The molecule has 0 spiro atoms. The third kappa shape index (κ3) is 3.54. The second-order valence-corrected chi connectivity index (χ2v) is 4.93. The van der Waals surface area contributed by atoms with Crippen LogP contribution in [0.25, 0.3) is 0 Å². The molecule has 0 bridgehead atoms. The first-order valence-corrected chi connectivity index (χ1v) is 6.76. The van der Waals surface area contributed by atoms with Crippen molar-refractivity contribution in [1.82, 2.24) is 20.0 Å². The van der Waals surface area contributed by atoms with Crippen molar-refractivity contribution in [2.45, 2.75) is 45.8 Å². The predicted molar refractivity (Wildman–Crippen MR) is 69.9 cm³/mol. The first-order chi connectivity index (χ1) is 8.29. The fraction of sp³-hybridized carbons (Fsp3) is 0.769. The van der Waals surface area contributed by atoms with Crippen molar-refractivity contribution in [2.24, 2.45) is 0 Å². The summed E-state index contributed by atoms with van der Waals surface area (Å²) in [6, 6.07) is 2.65. The molecule has 0 aliphatic carbocycles. The van der Waals surface area contributed by atoms with E-state index < -0.39 is 0 Å². The zero-order valence-corrected chi connectivity index (χ0v) is 11.0. The lowest BCUT2D eigenvalue weighted by molar-refractivity contribution is 0.297. The largest absolute Gasteiger partial charge is 0.307 e. The molecule has 96 valence electrons. The maximum atomic E-state index is 4.28. The van der Waals surface area contributed by atoms with Crippen LogP contribution in [0.3, 0.4) is 0 Å². The Morgan fingerprint density at radius 1 is 1.41 bits per heavy atom. The Balaban J connectivity index is 1.73. The van der Waals surface area contributed by atoms with E-state index >= 15 is 0 Å². The van der Waals surface area contributed by atoms with Crippen LogP contribution < -0.4 is 5.32 Å². The SMILES string of the molecule is CCn1nccc1CNC(C)CN1CCCC1. The van der Waals surface area contributed by atoms with Crippen molar-refractivity contribution >= 4 is 0 Å². The highest BCUT2D eigenvalue weighted by Gasteiger charge is 2.14. The van der Waals surface area contributed by atoms with Crippen molar-refractivity contribution in [3.8, 4) is 0 Å². The Morgan fingerprint density at radius 3 is 2.88 bits per heavy atom. The highest BCUT2D eigenvalue weighted by Crippen LogP contribution is 2.07. The van der Waals surface area contributed by atoms with E-state index in [2.05, 4.69) is 39.9 Å². The third-order valence-corrected chi connectivity index (χ3v) is 3.47. The van der Waals surface area contributed by atoms with Gasteiger partial charge in [-0.1, -0.05) is 0 Å². The molecule has 1 aliphatic rings. The summed E-state index contributed by atoms with van der Waals surface area (Å²) in [5.74, 6) is 0. The molecule has 17 heavy (non-hydrogen) atoms. The number of aromatic nitrogens is 2. The van der Waals surface area contributed by atoms with Crippen molar-refractivity contribution in [2.75, 3.05) is 19.6 Å². The van der Waals surface area contributed by atoms with Crippen molar-refractivity contribution in [3.63, 3.8) is 0 Å². The Kier molecular flexibility index (Phi) is 4.57. The second-order valence-electron chi connectivity index (χ2n) is 4.93. The van der Waals surface area contributed by atoms with Crippen molar-refractivity contribution < 1.29 is 0 Å². The summed E-state index contributed by atoms with van der Waals surface area (Å²) in [6.45, 7) is 9.99. The van der Waals surface area contributed by atoms with Crippen LogP contribution in [-0.4, -0.2) is 40.4 Å². The molecule has 1 atom stereocenters. The molecule has 0 aromatic carbocycles. The van der Waals surface area contributed by atoms with Gasteiger partial charge in [-0.15, -0.1) is 0 Å². The third-order valence-electron chi connectivity index (χ3n) is 3.47. The van der Waals surface area contributed by atoms with Gasteiger partial charge in [0.05, 0.1) is 5.69 Å². The van der Waals surface area contributed by atoms with Gasteiger partial charge < -0.3 is 10.2 Å². The molecular weight excluding hydrogens is 212 g/mol. The molecule has 2 heterocycles. The zero-order chi connectivity index (χ0) is 12.1. The van der Waals surface area contributed by atoms with Gasteiger partial charge in [-0.3, -0.25) is 4.68 Å². The summed E-state index contributed by atoms with van der Waals surface area (Å²) in [6.07, 6.45) is 4.62. The fourth-order valence-electron chi connectivity index (χ4n) is 2.49. The number of likely N-dealkylation sites (tertiary alicyclic amines) is 1. The molecule has 0 saturated carbocycles. The number of hydrogen-bond acceptors (Lipinski definition) is 3. The topological polar surface area (TPSA) is 33.1 Å². The number of rotatable bonds is 6. The number of nitrogens with one attached hydrogen (secondary N) is 1. The Bertz CT molecular complexity index is 328. The van der Waals surface area contributed by atoms with Crippen molar-refractivity contribution in [1.29, 1.82) is 0 Å². The summed E-state index contributed by atoms with van der Waals surface area (Å²) in [4.78, 5) is 2.55. The monoisotopic (exact) mass is 236 g/mol. The minimum Gasteiger partial charge on any atom is -0.307 e. The van der Waals surface area contributed by atoms with Gasteiger partial charge in [0.25, 0.3) is 0 Å². The Morgan fingerprint density at radius 2 is 2.18 bits per heavy atom. The number of aryl methyl sites for hydroxylation is 1. The summed E-state index contributed by atoms with van der Waals surface area (Å²) < 4.78 is 2.05. The molecule has 1 fully saturated rings. The van der Waals surface area contributed by atoms with Gasteiger partial charge in [-0.25, -0.2) is 0 Å². The van der Waals surface area contributed by atoms with Crippen LogP contribution in [0.1, 0.15) is 32.4 Å². The minimum absolute atomic E-state index is 0.549. The maximum absolute atomic E-state index is 4.28. The van der Waals surface area contributed by atoms with Crippen LogP contribution in [0.4, 0.5) is 0 Å². The van der Waals surface area contributed by atoms with E-state index in [1.165, 1.54) is 38.2 Å². The van der Waals surface area contributed by atoms with Crippen LogP contribution in [0.5, 0.6) is 0 Å². The highest BCUT2D eigenvalue weighted by atomic mass is 15.3. The summed E-state index contributed by atoms with van der Waals surface area (Å²) >= 11 is 0. The second kappa shape index (κ2) is 6.17. The Labute approximate surface area is 104 Å². The van der Waals surface area contributed by atoms with Gasteiger partial charge >= 0.3 is 0 Å². The van der Waals surface area contributed by atoms with E-state index in [9.17, 15) is 0 Å². The van der Waals surface area contributed by atoms with Gasteiger partial charge in [0.1, 0.15) is 0 Å². The fourth-order valence-corrected chi connectivity index (χ4v) is 2.49. The normalized spacial score (nSPS) is 18.7. The van der Waals surface area contributed by atoms with Crippen LogP contribution in [0, 0.1) is 0 Å². The summed E-state index contributed by atoms with van der Waals surface area (Å²) in [7, 11) is 0. The van der Waals surface area contributed by atoms with E-state index in [0.29, 0.717) is 6.04 Å². The van der Waals surface area contributed by atoms with Crippen molar-refractivity contribution in [3.05, 3.63) is 18.0 Å². The van der Waals surface area contributed by atoms with Crippen LogP contribution in [0.15, 0.2) is 12.3 Å². The predicted octanol–water partition coefficient (Wildman–Crippen LogP) is 1.48. The lowest BCUT2D eigenvalue weighted by Crippen LogP contribution is -2.37. The molecule has 1 unspecified atom stereocenters. The van der Waals surface area contributed by atoms with Gasteiger partial charge in [-0.2, -0.15) is 5.10 Å². The molecule has 2 rings (SSSR count). The van der Waals surface area contributed by atoms with Crippen LogP contribution >= 0.6 is 0 Å². The van der Waals surface area contributed by atoms with Gasteiger partial charge in [0, 0.05) is 31.9 Å². The average Bonchev–Trinajstić information content (AvgIpc) is 2.96. The van der Waals surface area contributed by atoms with E-state index in [-0.39, 0.29) is 0 Å². The smallest absolute Gasteiger partial charge is 0.0522 e. The van der Waals surface area contributed by atoms with E-state index in [1.54, 1.807) is 0 Å². The van der Waals surface area contributed by atoms with Gasteiger partial charge in [0.2, 0.25) is 0 Å². The van der Waals surface area contributed by atoms with E-state index in [4.69, 9.17) is 0 Å². The molecule has 4 heteroatoms. The number of hydrogen-bond donors (Lipinski definition) is 1. The summed E-state index contributed by atoms with van der Waals surface area (Å²) in [5.41, 5.74) is 1.28. The lowest BCUT2D eigenvalue weighted by atomic mass is 10.3. The average molecular weight is 236 g/mol. The minimum atomic E-state index is 0.549. The Hall–Kier alpha value is -0.870. The molecule has 4 nitrogen and oxygen atoms in total. The molecular formula is C13H24N4. The zero-order valence-electron chi connectivity index (χ0n) is 11.0. The maximum Gasteiger partial charge on any atom is 0.0522 e. The van der Waals surface area contributed by atoms with Gasteiger partial charge in [-0.05, 0) is 45.8 Å². The first kappa shape index (κ1) is 12.6.